The van der Waals surface area contributed by atoms with E-state index < -0.39 is 11.7 Å². The molecule has 0 saturated carbocycles. The highest BCUT2D eigenvalue weighted by atomic mass is 16.6. The molecule has 1 unspecified atom stereocenters. The number of imidazole rings is 1. The molecule has 7 heteroatoms. The molecule has 7 nitrogen and oxygen atoms in total. The third-order valence-corrected chi connectivity index (χ3v) is 2.59. The molecule has 20 heavy (non-hydrogen) atoms. The van der Waals surface area contributed by atoms with Crippen LogP contribution in [0.1, 0.15) is 32.5 Å². The average Bonchev–Trinajstić information content (AvgIpc) is 2.78. The van der Waals surface area contributed by atoms with Gasteiger partial charge in [0, 0.05) is 18.9 Å². The Labute approximate surface area is 117 Å². The molecule has 0 aliphatic carbocycles. The van der Waals surface area contributed by atoms with Crippen molar-refractivity contribution >= 4 is 11.7 Å². The van der Waals surface area contributed by atoms with Gasteiger partial charge in [-0.3, -0.25) is 9.38 Å². The summed E-state index contributed by atoms with van der Waals surface area (Å²) < 4.78 is 7.00. The Hall–Kier alpha value is -2.15. The van der Waals surface area contributed by atoms with E-state index in [1.54, 1.807) is 24.8 Å². The third kappa shape index (κ3) is 3.45. The smallest absolute Gasteiger partial charge is 0.407 e. The second-order valence-corrected chi connectivity index (χ2v) is 5.48. The number of nitrogens with zero attached hydrogens (tertiary/aromatic N) is 3. The molecule has 108 valence electrons. The fourth-order valence-corrected chi connectivity index (χ4v) is 1.75. The summed E-state index contributed by atoms with van der Waals surface area (Å²) in [5, 5.41) is 2.65. The first-order valence-electron chi connectivity index (χ1n) is 6.36. The standard InChI is InChI=1S/C13H19N5O2/c1-13(2,3)20-12(19)17-6-9(14)10-7-16-11-8-15-4-5-18(10)11/h4-5,7-9H,6,14H2,1-3H3,(H,17,19). The van der Waals surface area contributed by atoms with Crippen LogP contribution < -0.4 is 11.1 Å². The number of fused-ring (bicyclic) bond motifs is 1. The number of carbonyl (C=O) groups excluding carboxylic acids is 1. The molecular weight excluding hydrogens is 258 g/mol. The van der Waals surface area contributed by atoms with E-state index >= 15 is 0 Å². The van der Waals surface area contributed by atoms with Gasteiger partial charge in [-0.15, -0.1) is 0 Å². The van der Waals surface area contributed by atoms with Gasteiger partial charge in [-0.1, -0.05) is 0 Å². The Kier molecular flexibility index (Phi) is 3.89. The normalized spacial score (nSPS) is 13.2. The van der Waals surface area contributed by atoms with Crippen LogP contribution in [0.15, 0.2) is 24.8 Å². The van der Waals surface area contributed by atoms with Crippen LogP contribution in [0.25, 0.3) is 5.65 Å². The summed E-state index contributed by atoms with van der Waals surface area (Å²) in [5.74, 6) is 0. The Morgan fingerprint density at radius 1 is 1.50 bits per heavy atom. The van der Waals surface area contributed by atoms with E-state index in [2.05, 4.69) is 15.3 Å². The minimum Gasteiger partial charge on any atom is -0.444 e. The van der Waals surface area contributed by atoms with Gasteiger partial charge in [-0.05, 0) is 20.8 Å². The van der Waals surface area contributed by atoms with Gasteiger partial charge < -0.3 is 15.8 Å². The van der Waals surface area contributed by atoms with Gasteiger partial charge >= 0.3 is 6.09 Å². The topological polar surface area (TPSA) is 94.5 Å². The van der Waals surface area contributed by atoms with Crippen molar-refractivity contribution in [3.63, 3.8) is 0 Å². The van der Waals surface area contributed by atoms with Crippen LogP contribution in [0.2, 0.25) is 0 Å². The van der Waals surface area contributed by atoms with Gasteiger partial charge in [-0.2, -0.15) is 0 Å². The molecule has 2 rings (SSSR count). The van der Waals surface area contributed by atoms with Gasteiger partial charge in [0.2, 0.25) is 0 Å². The third-order valence-electron chi connectivity index (χ3n) is 2.59. The Morgan fingerprint density at radius 3 is 2.95 bits per heavy atom. The number of nitrogens with one attached hydrogen (secondary N) is 1. The second-order valence-electron chi connectivity index (χ2n) is 5.48. The van der Waals surface area contributed by atoms with Crippen LogP contribution in [0.5, 0.6) is 0 Å². The van der Waals surface area contributed by atoms with E-state index in [0.29, 0.717) is 0 Å². The molecule has 0 bridgehead atoms. The van der Waals surface area contributed by atoms with E-state index in [9.17, 15) is 4.79 Å². The quantitative estimate of drug-likeness (QED) is 0.880. The molecule has 2 heterocycles. The highest BCUT2D eigenvalue weighted by Crippen LogP contribution is 2.12. The van der Waals surface area contributed by atoms with Crippen molar-refractivity contribution in [3.05, 3.63) is 30.5 Å². The van der Waals surface area contributed by atoms with Crippen molar-refractivity contribution in [2.75, 3.05) is 6.54 Å². The lowest BCUT2D eigenvalue weighted by atomic mass is 10.2. The molecule has 0 radical (unpaired) electrons. The summed E-state index contributed by atoms with van der Waals surface area (Å²) in [7, 11) is 0. The summed E-state index contributed by atoms with van der Waals surface area (Å²) in [6.45, 7) is 5.70. The lowest BCUT2D eigenvalue weighted by Gasteiger charge is -2.20. The van der Waals surface area contributed by atoms with Gasteiger partial charge in [-0.25, -0.2) is 9.78 Å². The first-order valence-corrected chi connectivity index (χ1v) is 6.36. The van der Waals surface area contributed by atoms with E-state index in [-0.39, 0.29) is 12.6 Å². The zero-order valence-corrected chi connectivity index (χ0v) is 11.8. The molecule has 2 aromatic rings. The molecule has 0 saturated heterocycles. The number of alkyl carbamates (subject to hydrolysis) is 1. The average molecular weight is 277 g/mol. The maximum absolute atomic E-state index is 11.6. The van der Waals surface area contributed by atoms with E-state index in [1.807, 2.05) is 25.2 Å². The molecule has 0 aliphatic heterocycles. The van der Waals surface area contributed by atoms with Crippen molar-refractivity contribution < 1.29 is 9.53 Å². The monoisotopic (exact) mass is 277 g/mol. The van der Waals surface area contributed by atoms with Crippen molar-refractivity contribution in [2.24, 2.45) is 5.73 Å². The number of ether oxygens (including phenoxy) is 1. The molecule has 0 fully saturated rings. The second kappa shape index (κ2) is 5.46. The minimum atomic E-state index is -0.525. The fraction of sp³-hybridized carbons (Fsp3) is 0.462. The predicted molar refractivity (Wildman–Crippen MR) is 74.2 cm³/mol. The van der Waals surface area contributed by atoms with Crippen LogP contribution in [0, 0.1) is 0 Å². The Morgan fingerprint density at radius 2 is 2.25 bits per heavy atom. The lowest BCUT2D eigenvalue weighted by molar-refractivity contribution is 0.0524. The Bertz CT molecular complexity index is 602. The number of hydrogen-bond acceptors (Lipinski definition) is 5. The first-order chi connectivity index (χ1) is 9.37. The number of amides is 1. The maximum Gasteiger partial charge on any atom is 0.407 e. The van der Waals surface area contributed by atoms with Crippen LogP contribution in [-0.2, 0) is 4.74 Å². The number of nitrogens with two attached hydrogens (primary N) is 1. The molecule has 3 N–H and O–H groups in total. The van der Waals surface area contributed by atoms with Crippen molar-refractivity contribution in [3.8, 4) is 0 Å². The van der Waals surface area contributed by atoms with E-state index in [0.717, 1.165) is 11.3 Å². The van der Waals surface area contributed by atoms with Gasteiger partial charge in [0.1, 0.15) is 5.60 Å². The minimum absolute atomic E-state index is 0.269. The highest BCUT2D eigenvalue weighted by molar-refractivity contribution is 5.67. The lowest BCUT2D eigenvalue weighted by Crippen LogP contribution is -2.36. The van der Waals surface area contributed by atoms with Crippen molar-refractivity contribution in [1.29, 1.82) is 0 Å². The zero-order valence-electron chi connectivity index (χ0n) is 11.8. The summed E-state index contributed by atoms with van der Waals surface area (Å²) in [6, 6.07) is -0.375. The molecule has 1 amide bonds. The van der Waals surface area contributed by atoms with Crippen LogP contribution in [-0.4, -0.2) is 32.6 Å². The van der Waals surface area contributed by atoms with Crippen molar-refractivity contribution in [2.45, 2.75) is 32.4 Å². The molecule has 2 aromatic heterocycles. The number of carbonyl (C=O) groups is 1. The van der Waals surface area contributed by atoms with Crippen molar-refractivity contribution in [1.82, 2.24) is 19.7 Å². The molecule has 0 aliphatic rings. The predicted octanol–water partition coefficient (Wildman–Crippen LogP) is 1.25. The van der Waals surface area contributed by atoms with Gasteiger partial charge in [0.05, 0.1) is 24.1 Å². The van der Waals surface area contributed by atoms with E-state index in [4.69, 9.17) is 10.5 Å². The molecular formula is C13H19N5O2. The first kappa shape index (κ1) is 14.3. The molecule has 0 aromatic carbocycles. The summed E-state index contributed by atoms with van der Waals surface area (Å²) in [6.07, 6.45) is 6.29. The SMILES string of the molecule is CC(C)(C)OC(=O)NCC(N)c1cnc2cnccn12. The van der Waals surface area contributed by atoms with Gasteiger partial charge in [0.15, 0.2) is 5.65 Å². The summed E-state index contributed by atoms with van der Waals surface area (Å²) >= 11 is 0. The number of rotatable bonds is 3. The fourth-order valence-electron chi connectivity index (χ4n) is 1.75. The number of aromatic nitrogens is 3. The van der Waals surface area contributed by atoms with Gasteiger partial charge in [0.25, 0.3) is 0 Å². The zero-order chi connectivity index (χ0) is 14.8. The highest BCUT2D eigenvalue weighted by Gasteiger charge is 2.18. The molecule has 1 atom stereocenters. The van der Waals surface area contributed by atoms with Crippen LogP contribution in [0.4, 0.5) is 4.79 Å². The van der Waals surface area contributed by atoms with Crippen LogP contribution >= 0.6 is 0 Å². The molecule has 0 spiro atoms. The maximum atomic E-state index is 11.6. The largest absolute Gasteiger partial charge is 0.444 e. The van der Waals surface area contributed by atoms with Crippen LogP contribution in [0.3, 0.4) is 0 Å². The Balaban J connectivity index is 1.99. The summed E-state index contributed by atoms with van der Waals surface area (Å²) in [5.41, 5.74) is 7.06. The van der Waals surface area contributed by atoms with E-state index in [1.165, 1.54) is 0 Å². The summed E-state index contributed by atoms with van der Waals surface area (Å²) in [4.78, 5) is 19.8. The number of hydrogen-bond donors (Lipinski definition) is 2.